The van der Waals surface area contributed by atoms with Crippen LogP contribution in [0.4, 0.5) is 24.7 Å². The maximum Gasteiger partial charge on any atom is 0.573 e. The number of ether oxygens (including phenoxy) is 1. The van der Waals surface area contributed by atoms with Crippen LogP contribution in [0.3, 0.4) is 0 Å². The number of carboxylic acids is 1. The third-order valence-electron chi connectivity index (χ3n) is 4.48. The molecule has 2 N–H and O–H groups in total. The minimum atomic E-state index is -4.67. The van der Waals surface area contributed by atoms with Gasteiger partial charge in [-0.25, -0.2) is 4.98 Å². The second-order valence-corrected chi connectivity index (χ2v) is 6.54. The fourth-order valence-electron chi connectivity index (χ4n) is 2.80. The Morgan fingerprint density at radius 3 is 2.31 bits per heavy atom. The average Bonchev–Trinajstić information content (AvgIpc) is 2.78. The van der Waals surface area contributed by atoms with Gasteiger partial charge in [-0.15, -0.1) is 13.2 Å². The monoisotopic (exact) mass is 457 g/mol. The number of aromatic nitrogens is 1. The van der Waals surface area contributed by atoms with E-state index in [0.717, 1.165) is 24.6 Å². The second kappa shape index (κ2) is 14.9. The van der Waals surface area contributed by atoms with Crippen molar-refractivity contribution in [2.75, 3.05) is 30.4 Å². The number of halogens is 3. The molecule has 0 aliphatic carbocycles. The van der Waals surface area contributed by atoms with Gasteiger partial charge in [-0.2, -0.15) is 0 Å². The molecule has 2 rings (SSSR count). The summed E-state index contributed by atoms with van der Waals surface area (Å²) in [7, 11) is 1.83. The molecule has 0 saturated carbocycles. The predicted molar refractivity (Wildman–Crippen MR) is 123 cm³/mol. The summed E-state index contributed by atoms with van der Waals surface area (Å²) >= 11 is 0. The molecule has 2 heterocycles. The van der Waals surface area contributed by atoms with Gasteiger partial charge in [0.15, 0.2) is 0 Å². The van der Waals surface area contributed by atoms with Gasteiger partial charge in [-0.05, 0) is 43.0 Å². The summed E-state index contributed by atoms with van der Waals surface area (Å²) in [6.07, 6.45) is 1.84. The molecule has 0 spiro atoms. The van der Waals surface area contributed by atoms with Gasteiger partial charge >= 0.3 is 12.3 Å². The average molecular weight is 458 g/mol. The molecule has 0 bridgehead atoms. The molecule has 0 atom stereocenters. The number of nitrogens with one attached hydrogen (secondary N) is 1. The van der Waals surface area contributed by atoms with Crippen molar-refractivity contribution in [3.05, 3.63) is 55.0 Å². The van der Waals surface area contributed by atoms with Crippen LogP contribution in [0.1, 0.15) is 40.0 Å². The summed E-state index contributed by atoms with van der Waals surface area (Å²) in [4.78, 5) is 17.3. The summed E-state index contributed by atoms with van der Waals surface area (Å²) in [6, 6.07) is 3.94. The molecule has 32 heavy (non-hydrogen) atoms. The van der Waals surface area contributed by atoms with Crippen molar-refractivity contribution in [2.24, 2.45) is 5.92 Å². The van der Waals surface area contributed by atoms with Crippen LogP contribution < -0.4 is 10.2 Å². The lowest BCUT2D eigenvalue weighted by Gasteiger charge is -2.31. The van der Waals surface area contributed by atoms with Gasteiger partial charge in [-0.1, -0.05) is 40.0 Å². The van der Waals surface area contributed by atoms with E-state index >= 15 is 0 Å². The highest BCUT2D eigenvalue weighted by Gasteiger charge is 2.31. The summed E-state index contributed by atoms with van der Waals surface area (Å²) in [5.41, 5.74) is 1.71. The van der Waals surface area contributed by atoms with Gasteiger partial charge in [0.2, 0.25) is 0 Å². The van der Waals surface area contributed by atoms with Crippen LogP contribution in [-0.4, -0.2) is 42.6 Å². The number of allylic oxidation sites excluding steroid dienone is 3. The highest BCUT2D eigenvalue weighted by Crippen LogP contribution is 2.23. The number of hydrogen-bond donors (Lipinski definition) is 2. The molecular weight excluding hydrogens is 423 g/mol. The number of aliphatic carboxylic acids is 1. The number of rotatable bonds is 7. The van der Waals surface area contributed by atoms with Gasteiger partial charge in [0.1, 0.15) is 11.6 Å². The molecule has 0 radical (unpaired) electrons. The van der Waals surface area contributed by atoms with E-state index in [1.807, 2.05) is 39.2 Å². The van der Waals surface area contributed by atoms with Crippen molar-refractivity contribution in [3.8, 4) is 0 Å². The number of carboxylic acid groups (broad SMARTS) is 1. The van der Waals surface area contributed by atoms with E-state index in [1.165, 1.54) is 12.2 Å². The van der Waals surface area contributed by atoms with Crippen molar-refractivity contribution in [2.45, 2.75) is 46.4 Å². The molecule has 0 unspecified atom stereocenters. The molecule has 180 valence electrons. The number of anilines is 2. The Kier molecular flexibility index (Phi) is 13.5. The number of carbonyl (C=O) groups is 1. The van der Waals surface area contributed by atoms with Crippen LogP contribution in [0.15, 0.2) is 55.0 Å². The van der Waals surface area contributed by atoms with E-state index in [-0.39, 0.29) is 5.92 Å². The Balaban J connectivity index is 0.000000578. The first kappa shape index (κ1) is 29.0. The highest BCUT2D eigenvalue weighted by atomic mass is 19.4. The molecule has 1 aliphatic rings. The third-order valence-corrected chi connectivity index (χ3v) is 4.48. The number of alkyl halides is 3. The molecule has 0 aromatic carbocycles. The lowest BCUT2D eigenvalue weighted by atomic mass is 9.97. The summed E-state index contributed by atoms with van der Waals surface area (Å²) in [5, 5.41) is 11.9. The number of hydrogen-bond acceptors (Lipinski definition) is 5. The fourth-order valence-corrected chi connectivity index (χ4v) is 2.80. The first-order valence-electron chi connectivity index (χ1n) is 10.5. The zero-order chi connectivity index (χ0) is 24.7. The Morgan fingerprint density at radius 2 is 1.94 bits per heavy atom. The molecule has 1 aliphatic heterocycles. The van der Waals surface area contributed by atoms with E-state index in [9.17, 15) is 18.0 Å². The normalized spacial score (nSPS) is 14.2. The summed E-state index contributed by atoms with van der Waals surface area (Å²) in [5.74, 6) is -0.442. The highest BCUT2D eigenvalue weighted by molar-refractivity contribution is 5.70. The predicted octanol–water partition coefficient (Wildman–Crippen LogP) is 6.01. The molecule has 1 aromatic rings. The number of piperidine rings is 1. The number of pyridine rings is 1. The van der Waals surface area contributed by atoms with Crippen LogP contribution in [-0.2, 0) is 9.53 Å². The largest absolute Gasteiger partial charge is 0.573 e. The van der Waals surface area contributed by atoms with Gasteiger partial charge in [-0.3, -0.25) is 4.79 Å². The molecule has 6 nitrogen and oxygen atoms in total. The minimum absolute atomic E-state index is 0.184. The Morgan fingerprint density at radius 1 is 1.34 bits per heavy atom. The van der Waals surface area contributed by atoms with E-state index in [2.05, 4.69) is 33.1 Å². The molecule has 1 fully saturated rings. The molecule has 9 heteroatoms. The van der Waals surface area contributed by atoms with Crippen molar-refractivity contribution in [1.29, 1.82) is 0 Å². The first-order chi connectivity index (χ1) is 15.1. The minimum Gasteiger partial charge on any atom is -0.481 e. The van der Waals surface area contributed by atoms with Crippen LogP contribution in [0.2, 0.25) is 0 Å². The zero-order valence-electron chi connectivity index (χ0n) is 19.2. The maximum absolute atomic E-state index is 11.6. The van der Waals surface area contributed by atoms with E-state index in [1.54, 1.807) is 6.92 Å². The summed E-state index contributed by atoms with van der Waals surface area (Å²) in [6.45, 7) is 13.9. The molecule has 1 aromatic heterocycles. The lowest BCUT2D eigenvalue weighted by Crippen LogP contribution is -2.36. The SMILES string of the molecule is C=C/C(=C\C(=C)OC(F)(F)F)CC.CC.CNc1ccc(N2CCC(C(=O)O)CC2)cn1. The van der Waals surface area contributed by atoms with Crippen LogP contribution in [0.25, 0.3) is 0 Å². The standard InChI is InChI=1S/C12H17N3O2.C9H11F3O.C2H6/c1-13-11-3-2-10(8-14-11)15-6-4-9(5-7-15)12(16)17;1-4-8(5-2)6-7(3)13-9(10,11)12;1-2/h2-3,8-9H,4-7H2,1H3,(H,13,14)(H,16,17);4,6H,1,3,5H2,2H3;1-2H3/b;8-6+;. The van der Waals surface area contributed by atoms with Crippen molar-refractivity contribution < 1.29 is 27.8 Å². The summed E-state index contributed by atoms with van der Waals surface area (Å²) < 4.78 is 38.4. The van der Waals surface area contributed by atoms with E-state index in [4.69, 9.17) is 5.11 Å². The van der Waals surface area contributed by atoms with Crippen molar-refractivity contribution in [3.63, 3.8) is 0 Å². The smallest absolute Gasteiger partial charge is 0.481 e. The van der Waals surface area contributed by atoms with Gasteiger partial charge in [0.05, 0.1) is 17.8 Å². The van der Waals surface area contributed by atoms with Gasteiger partial charge in [0.25, 0.3) is 0 Å². The Hall–Kier alpha value is -2.97. The quantitative estimate of drug-likeness (QED) is 0.386. The van der Waals surface area contributed by atoms with Crippen molar-refractivity contribution >= 4 is 17.5 Å². The fraction of sp³-hybridized carbons (Fsp3) is 0.478. The van der Waals surface area contributed by atoms with E-state index < -0.39 is 18.1 Å². The van der Waals surface area contributed by atoms with Gasteiger partial charge < -0.3 is 20.1 Å². The molecular formula is C23H34F3N3O3. The Bertz CT molecular complexity index is 739. The first-order valence-corrected chi connectivity index (χ1v) is 10.5. The van der Waals surface area contributed by atoms with Crippen LogP contribution >= 0.6 is 0 Å². The van der Waals surface area contributed by atoms with Crippen LogP contribution in [0.5, 0.6) is 0 Å². The third kappa shape index (κ3) is 11.4. The maximum atomic E-state index is 11.6. The molecule has 1 saturated heterocycles. The topological polar surface area (TPSA) is 74.7 Å². The van der Waals surface area contributed by atoms with Crippen LogP contribution in [0, 0.1) is 5.92 Å². The van der Waals surface area contributed by atoms with E-state index in [0.29, 0.717) is 24.8 Å². The second-order valence-electron chi connectivity index (χ2n) is 6.54. The lowest BCUT2D eigenvalue weighted by molar-refractivity contribution is -0.303. The molecule has 0 amide bonds. The zero-order valence-corrected chi connectivity index (χ0v) is 19.2. The number of nitrogens with zero attached hydrogens (tertiary/aromatic N) is 2. The van der Waals surface area contributed by atoms with Gasteiger partial charge in [0, 0.05) is 20.1 Å². The van der Waals surface area contributed by atoms with Crippen molar-refractivity contribution in [1.82, 2.24) is 4.98 Å². The Labute approximate surface area is 188 Å².